The molecular formula is C26H32N4O4S. The molecule has 9 heteroatoms. The summed E-state index contributed by atoms with van der Waals surface area (Å²) in [6, 6.07) is 16.6. The Morgan fingerprint density at radius 1 is 1.06 bits per heavy atom. The molecule has 1 unspecified atom stereocenters. The van der Waals surface area contributed by atoms with E-state index in [-0.39, 0.29) is 29.7 Å². The van der Waals surface area contributed by atoms with E-state index in [9.17, 15) is 18.0 Å². The standard InChI is InChI=1S/C26H32N4O4S/c1-3-29(4-2)35(33,34)23-12-10-22(11-13-23)30-19-21(18-25(30)31)26(32)27-15-7-16-28-17-14-20-8-5-6-9-24(20)28/h5-6,8-14,17,21H,3-4,7,15-16,18-19H2,1-2H3,(H,27,32). The zero-order valence-electron chi connectivity index (χ0n) is 20.2. The van der Waals surface area contributed by atoms with E-state index in [4.69, 9.17) is 0 Å². The fourth-order valence-corrected chi connectivity index (χ4v) is 6.04. The Hall–Kier alpha value is -3.17. The lowest BCUT2D eigenvalue weighted by molar-refractivity contribution is -0.126. The topological polar surface area (TPSA) is 91.7 Å². The van der Waals surface area contributed by atoms with Crippen LogP contribution in [-0.2, 0) is 26.2 Å². The number of carbonyl (C=O) groups is 2. The van der Waals surface area contributed by atoms with Gasteiger partial charge in [-0.15, -0.1) is 0 Å². The van der Waals surface area contributed by atoms with Gasteiger partial charge in [0.15, 0.2) is 0 Å². The fraction of sp³-hybridized carbons (Fsp3) is 0.385. The summed E-state index contributed by atoms with van der Waals surface area (Å²) in [5.74, 6) is -0.684. The van der Waals surface area contributed by atoms with Gasteiger partial charge in [-0.25, -0.2) is 8.42 Å². The molecule has 1 aliphatic heterocycles. The normalized spacial score (nSPS) is 16.4. The number of para-hydroxylation sites is 1. The molecule has 0 spiro atoms. The highest BCUT2D eigenvalue weighted by Gasteiger charge is 2.35. The summed E-state index contributed by atoms with van der Waals surface area (Å²) in [5, 5.41) is 4.16. The van der Waals surface area contributed by atoms with Crippen molar-refractivity contribution in [1.29, 1.82) is 0 Å². The summed E-state index contributed by atoms with van der Waals surface area (Å²) < 4.78 is 28.9. The first-order valence-corrected chi connectivity index (χ1v) is 13.5. The first-order valence-electron chi connectivity index (χ1n) is 12.1. The van der Waals surface area contributed by atoms with Crippen LogP contribution < -0.4 is 10.2 Å². The summed E-state index contributed by atoms with van der Waals surface area (Å²) in [5.41, 5.74) is 1.77. The molecular weight excluding hydrogens is 464 g/mol. The lowest BCUT2D eigenvalue weighted by atomic mass is 10.1. The average Bonchev–Trinajstić information content (AvgIpc) is 3.46. The maximum atomic E-state index is 12.7. The summed E-state index contributed by atoms with van der Waals surface area (Å²) in [4.78, 5) is 27.0. The Morgan fingerprint density at radius 2 is 1.77 bits per heavy atom. The highest BCUT2D eigenvalue weighted by atomic mass is 32.2. The summed E-state index contributed by atoms with van der Waals surface area (Å²) in [7, 11) is -3.56. The molecule has 1 atom stereocenters. The number of sulfonamides is 1. The van der Waals surface area contributed by atoms with Gasteiger partial charge < -0.3 is 14.8 Å². The van der Waals surface area contributed by atoms with E-state index < -0.39 is 15.9 Å². The molecule has 1 aromatic heterocycles. The molecule has 1 saturated heterocycles. The number of fused-ring (bicyclic) bond motifs is 1. The molecule has 4 rings (SSSR count). The molecule has 1 fully saturated rings. The lowest BCUT2D eigenvalue weighted by Gasteiger charge is -2.20. The molecule has 0 aliphatic carbocycles. The van der Waals surface area contributed by atoms with Crippen molar-refractivity contribution >= 4 is 38.4 Å². The molecule has 186 valence electrons. The first-order chi connectivity index (χ1) is 16.8. The molecule has 2 aromatic carbocycles. The number of hydrogen-bond acceptors (Lipinski definition) is 4. The minimum Gasteiger partial charge on any atom is -0.356 e. The number of benzene rings is 2. The molecule has 3 aromatic rings. The van der Waals surface area contributed by atoms with Crippen LogP contribution in [-0.4, -0.2) is 55.3 Å². The van der Waals surface area contributed by atoms with Crippen LogP contribution in [0.1, 0.15) is 26.7 Å². The van der Waals surface area contributed by atoms with Crippen molar-refractivity contribution in [3.63, 3.8) is 0 Å². The van der Waals surface area contributed by atoms with Crippen LogP contribution >= 0.6 is 0 Å². The largest absolute Gasteiger partial charge is 0.356 e. The SMILES string of the molecule is CCN(CC)S(=O)(=O)c1ccc(N2CC(C(=O)NCCCn3ccc4ccccc43)CC2=O)cc1. The molecule has 1 N–H and O–H groups in total. The van der Waals surface area contributed by atoms with Gasteiger partial charge in [0.05, 0.1) is 10.8 Å². The quantitative estimate of drug-likeness (QED) is 0.436. The summed E-state index contributed by atoms with van der Waals surface area (Å²) >= 11 is 0. The second-order valence-electron chi connectivity index (χ2n) is 8.70. The Morgan fingerprint density at radius 3 is 2.49 bits per heavy atom. The number of amides is 2. The van der Waals surface area contributed by atoms with Crippen LogP contribution in [0.25, 0.3) is 10.9 Å². The lowest BCUT2D eigenvalue weighted by Crippen LogP contribution is -2.34. The van der Waals surface area contributed by atoms with E-state index in [1.165, 1.54) is 27.3 Å². The Bertz CT molecular complexity index is 1300. The number of aromatic nitrogens is 1. The molecule has 0 radical (unpaired) electrons. The molecule has 0 saturated carbocycles. The second-order valence-corrected chi connectivity index (χ2v) is 10.6. The highest BCUT2D eigenvalue weighted by Crippen LogP contribution is 2.27. The predicted molar refractivity (Wildman–Crippen MR) is 137 cm³/mol. The third-order valence-electron chi connectivity index (χ3n) is 6.54. The maximum Gasteiger partial charge on any atom is 0.243 e. The maximum absolute atomic E-state index is 12.7. The van der Waals surface area contributed by atoms with Crippen LogP contribution in [0.3, 0.4) is 0 Å². The zero-order chi connectivity index (χ0) is 25.0. The van der Waals surface area contributed by atoms with Crippen LogP contribution in [0.4, 0.5) is 5.69 Å². The van der Waals surface area contributed by atoms with Gasteiger partial charge in [0, 0.05) is 56.5 Å². The van der Waals surface area contributed by atoms with Crippen molar-refractivity contribution in [2.45, 2.75) is 38.1 Å². The van der Waals surface area contributed by atoms with Gasteiger partial charge in [0.1, 0.15) is 0 Å². The fourth-order valence-electron chi connectivity index (χ4n) is 4.58. The van der Waals surface area contributed by atoms with Crippen molar-refractivity contribution in [2.24, 2.45) is 5.92 Å². The van der Waals surface area contributed by atoms with Gasteiger partial charge >= 0.3 is 0 Å². The Labute approximate surface area is 206 Å². The average molecular weight is 497 g/mol. The number of nitrogens with zero attached hydrogens (tertiary/aromatic N) is 3. The van der Waals surface area contributed by atoms with Gasteiger partial charge in [-0.05, 0) is 48.2 Å². The van der Waals surface area contributed by atoms with Crippen LogP contribution in [0, 0.1) is 5.92 Å². The van der Waals surface area contributed by atoms with Crippen molar-refractivity contribution in [2.75, 3.05) is 31.1 Å². The molecule has 2 heterocycles. The summed E-state index contributed by atoms with van der Waals surface area (Å²) in [6.07, 6.45) is 2.99. The van der Waals surface area contributed by atoms with E-state index in [0.717, 1.165) is 13.0 Å². The van der Waals surface area contributed by atoms with Gasteiger partial charge in [0.25, 0.3) is 0 Å². The molecule has 8 nitrogen and oxygen atoms in total. The van der Waals surface area contributed by atoms with E-state index in [1.54, 1.807) is 30.9 Å². The minimum absolute atomic E-state index is 0.126. The van der Waals surface area contributed by atoms with Gasteiger partial charge in [-0.3, -0.25) is 9.59 Å². The van der Waals surface area contributed by atoms with Gasteiger partial charge in [0.2, 0.25) is 21.8 Å². The van der Waals surface area contributed by atoms with Crippen molar-refractivity contribution < 1.29 is 18.0 Å². The number of carbonyl (C=O) groups excluding carboxylic acids is 2. The zero-order valence-corrected chi connectivity index (χ0v) is 21.0. The smallest absolute Gasteiger partial charge is 0.243 e. The Balaban J connectivity index is 1.30. The van der Waals surface area contributed by atoms with Crippen LogP contribution in [0.5, 0.6) is 0 Å². The number of nitrogens with one attached hydrogen (secondary N) is 1. The Kier molecular flexibility index (Phi) is 7.57. The highest BCUT2D eigenvalue weighted by molar-refractivity contribution is 7.89. The number of anilines is 1. The van der Waals surface area contributed by atoms with Gasteiger partial charge in [-0.2, -0.15) is 4.31 Å². The van der Waals surface area contributed by atoms with Gasteiger partial charge in [-0.1, -0.05) is 32.0 Å². The van der Waals surface area contributed by atoms with Crippen LogP contribution in [0.15, 0.2) is 65.7 Å². The van der Waals surface area contributed by atoms with Crippen molar-refractivity contribution in [1.82, 2.24) is 14.2 Å². The third kappa shape index (κ3) is 5.26. The van der Waals surface area contributed by atoms with E-state index in [0.29, 0.717) is 25.3 Å². The number of aryl methyl sites for hydroxylation is 1. The van der Waals surface area contributed by atoms with Crippen LogP contribution in [0.2, 0.25) is 0 Å². The van der Waals surface area contributed by atoms with Crippen molar-refractivity contribution in [3.05, 3.63) is 60.8 Å². The van der Waals surface area contributed by atoms with Crippen molar-refractivity contribution in [3.8, 4) is 0 Å². The first kappa shape index (κ1) is 24.9. The van der Waals surface area contributed by atoms with E-state index in [2.05, 4.69) is 34.3 Å². The minimum atomic E-state index is -3.56. The number of hydrogen-bond donors (Lipinski definition) is 1. The number of rotatable bonds is 10. The monoisotopic (exact) mass is 496 g/mol. The van der Waals surface area contributed by atoms with E-state index >= 15 is 0 Å². The molecule has 2 amide bonds. The van der Waals surface area contributed by atoms with E-state index in [1.807, 2.05) is 12.1 Å². The molecule has 1 aliphatic rings. The third-order valence-corrected chi connectivity index (χ3v) is 8.61. The molecule has 0 bridgehead atoms. The summed E-state index contributed by atoms with van der Waals surface area (Å²) in [6.45, 7) is 6.00. The molecule has 35 heavy (non-hydrogen) atoms. The predicted octanol–water partition coefficient (Wildman–Crippen LogP) is 3.23. The second kappa shape index (κ2) is 10.6.